The molecule has 3 aromatic carbocycles. The van der Waals surface area contributed by atoms with Crippen LogP contribution in [-0.2, 0) is 21.2 Å². The molecule has 0 radical (unpaired) electrons. The highest BCUT2D eigenvalue weighted by Gasteiger charge is 2.29. The van der Waals surface area contributed by atoms with Gasteiger partial charge in [0.15, 0.2) is 11.5 Å². The quantitative estimate of drug-likeness (QED) is 0.445. The zero-order valence-corrected chi connectivity index (χ0v) is 21.9. The maximum atomic E-state index is 13.5. The minimum absolute atomic E-state index is 0.0219. The fourth-order valence-corrected chi connectivity index (χ4v) is 5.37. The molecule has 188 valence electrons. The number of urea groups is 1. The average Bonchev–Trinajstić information content (AvgIpc) is 3.32. The monoisotopic (exact) mass is 573 g/mol. The normalized spacial score (nSPS) is 13.1. The number of sulfonamides is 1. The van der Waals surface area contributed by atoms with E-state index in [0.717, 1.165) is 10.0 Å². The number of nitrogens with one attached hydrogen (secondary N) is 2. The molecular formula is C25H24BrN3O6S. The van der Waals surface area contributed by atoms with E-state index >= 15 is 0 Å². The van der Waals surface area contributed by atoms with Gasteiger partial charge in [-0.15, -0.1) is 0 Å². The van der Waals surface area contributed by atoms with Crippen molar-refractivity contribution in [1.82, 2.24) is 10.0 Å². The Bertz CT molecular complexity index is 1410. The predicted molar refractivity (Wildman–Crippen MR) is 138 cm³/mol. The number of aryl methyl sites for hydroxylation is 1. The molecule has 4 rings (SSSR count). The number of carbonyl (C=O) groups is 2. The zero-order chi connectivity index (χ0) is 25.9. The number of hydrogen-bond acceptors (Lipinski definition) is 6. The molecule has 0 saturated carbocycles. The molecule has 0 aliphatic carbocycles. The Morgan fingerprint density at radius 2 is 1.72 bits per heavy atom. The standard InChI is InChI=1S/C25H24BrN3O6S/c1-16-7-3-6-10-23(16)36(32,33)28-25(31)27-20(13-17-8-4-5-9-19(17)26)24(30)29(2)18-11-12-21-22(14-18)35-15-34-21/h3-12,14,20H,13,15H2,1-2H3,(H2,27,28,31)/t20-/m0/s1. The van der Waals surface area contributed by atoms with Crippen molar-refractivity contribution in [3.63, 3.8) is 0 Å². The number of rotatable bonds is 7. The second-order valence-corrected chi connectivity index (χ2v) is 10.6. The van der Waals surface area contributed by atoms with Gasteiger partial charge in [0.1, 0.15) is 6.04 Å². The van der Waals surface area contributed by atoms with E-state index in [9.17, 15) is 18.0 Å². The summed E-state index contributed by atoms with van der Waals surface area (Å²) in [5.74, 6) is 0.626. The fourth-order valence-electron chi connectivity index (χ4n) is 3.76. The van der Waals surface area contributed by atoms with E-state index in [1.807, 2.05) is 29.0 Å². The van der Waals surface area contributed by atoms with Gasteiger partial charge in [-0.25, -0.2) is 17.9 Å². The topological polar surface area (TPSA) is 114 Å². The van der Waals surface area contributed by atoms with E-state index < -0.39 is 28.0 Å². The lowest BCUT2D eigenvalue weighted by molar-refractivity contribution is -0.120. The summed E-state index contributed by atoms with van der Waals surface area (Å²) >= 11 is 3.46. The summed E-state index contributed by atoms with van der Waals surface area (Å²) in [6.45, 7) is 1.73. The Morgan fingerprint density at radius 3 is 2.47 bits per heavy atom. The van der Waals surface area contributed by atoms with Crippen LogP contribution in [0.3, 0.4) is 0 Å². The third-order valence-electron chi connectivity index (χ3n) is 5.67. The van der Waals surface area contributed by atoms with Crippen LogP contribution in [0.25, 0.3) is 0 Å². The van der Waals surface area contributed by atoms with Crippen molar-refractivity contribution in [3.05, 3.63) is 82.3 Å². The lowest BCUT2D eigenvalue weighted by Crippen LogP contribution is -2.52. The SMILES string of the molecule is Cc1ccccc1S(=O)(=O)NC(=O)N[C@@H](Cc1ccccc1Br)C(=O)N(C)c1ccc2c(c1)OCO2. The van der Waals surface area contributed by atoms with Crippen LogP contribution in [0.15, 0.2) is 76.1 Å². The largest absolute Gasteiger partial charge is 0.454 e. The van der Waals surface area contributed by atoms with Crippen molar-refractivity contribution < 1.29 is 27.5 Å². The van der Waals surface area contributed by atoms with Crippen LogP contribution >= 0.6 is 15.9 Å². The molecule has 1 aliphatic heterocycles. The predicted octanol–water partition coefficient (Wildman–Crippen LogP) is 3.75. The Balaban J connectivity index is 1.57. The zero-order valence-electron chi connectivity index (χ0n) is 19.5. The number of amides is 3. The second kappa shape index (κ2) is 10.6. The van der Waals surface area contributed by atoms with Gasteiger partial charge in [0, 0.05) is 29.7 Å². The van der Waals surface area contributed by atoms with E-state index in [2.05, 4.69) is 21.2 Å². The molecule has 9 nitrogen and oxygen atoms in total. The minimum atomic E-state index is -4.15. The van der Waals surface area contributed by atoms with Gasteiger partial charge in [0.2, 0.25) is 12.7 Å². The third-order valence-corrected chi connectivity index (χ3v) is 7.93. The highest BCUT2D eigenvalue weighted by Crippen LogP contribution is 2.35. The van der Waals surface area contributed by atoms with Crippen LogP contribution < -0.4 is 24.4 Å². The van der Waals surface area contributed by atoms with Gasteiger partial charge in [-0.05, 0) is 42.3 Å². The molecule has 0 unspecified atom stereocenters. The number of halogens is 1. The number of benzene rings is 3. The number of ether oxygens (including phenoxy) is 2. The molecule has 3 amide bonds. The first-order chi connectivity index (χ1) is 17.2. The molecule has 1 aliphatic rings. The molecule has 0 saturated heterocycles. The van der Waals surface area contributed by atoms with Crippen molar-refractivity contribution in [2.75, 3.05) is 18.7 Å². The molecule has 2 N–H and O–H groups in total. The summed E-state index contributed by atoms with van der Waals surface area (Å²) in [6.07, 6.45) is 0.118. The molecule has 36 heavy (non-hydrogen) atoms. The Kier molecular flexibility index (Phi) is 7.51. The summed E-state index contributed by atoms with van der Waals surface area (Å²) in [5, 5.41) is 2.54. The number of hydrogen-bond donors (Lipinski definition) is 2. The van der Waals surface area contributed by atoms with E-state index in [4.69, 9.17) is 9.47 Å². The Morgan fingerprint density at radius 1 is 1.03 bits per heavy atom. The van der Waals surface area contributed by atoms with Crippen molar-refractivity contribution in [2.24, 2.45) is 0 Å². The molecule has 3 aromatic rings. The first-order valence-corrected chi connectivity index (χ1v) is 13.2. The van der Waals surface area contributed by atoms with E-state index in [1.54, 1.807) is 50.4 Å². The van der Waals surface area contributed by atoms with Crippen LogP contribution in [0.5, 0.6) is 11.5 Å². The first kappa shape index (κ1) is 25.5. The molecule has 1 atom stereocenters. The van der Waals surface area contributed by atoms with Gasteiger partial charge in [0.05, 0.1) is 4.90 Å². The van der Waals surface area contributed by atoms with Crippen molar-refractivity contribution in [2.45, 2.75) is 24.3 Å². The van der Waals surface area contributed by atoms with Crippen molar-refractivity contribution in [1.29, 1.82) is 0 Å². The Labute approximate surface area is 217 Å². The molecule has 11 heteroatoms. The fraction of sp³-hybridized carbons (Fsp3) is 0.200. The summed E-state index contributed by atoms with van der Waals surface area (Å²) in [6, 6.07) is 16.6. The third kappa shape index (κ3) is 5.63. The van der Waals surface area contributed by atoms with E-state index in [0.29, 0.717) is 22.7 Å². The molecule has 0 aromatic heterocycles. The van der Waals surface area contributed by atoms with Gasteiger partial charge in [-0.1, -0.05) is 52.3 Å². The van der Waals surface area contributed by atoms with E-state index in [-0.39, 0.29) is 18.1 Å². The number of anilines is 1. The summed E-state index contributed by atoms with van der Waals surface area (Å²) in [4.78, 5) is 27.7. The van der Waals surface area contributed by atoms with E-state index in [1.165, 1.54) is 11.0 Å². The lowest BCUT2D eigenvalue weighted by atomic mass is 10.0. The summed E-state index contributed by atoms with van der Waals surface area (Å²) in [5.41, 5.74) is 1.77. The molecule has 1 heterocycles. The van der Waals surface area contributed by atoms with Gasteiger partial charge < -0.3 is 19.7 Å². The second-order valence-electron chi connectivity index (χ2n) is 8.13. The highest BCUT2D eigenvalue weighted by molar-refractivity contribution is 9.10. The Hall–Kier alpha value is -3.57. The highest BCUT2D eigenvalue weighted by atomic mass is 79.9. The average molecular weight is 574 g/mol. The van der Waals surface area contributed by atoms with Crippen molar-refractivity contribution in [3.8, 4) is 11.5 Å². The number of carbonyl (C=O) groups excluding carboxylic acids is 2. The van der Waals surface area contributed by atoms with Gasteiger partial charge >= 0.3 is 6.03 Å². The van der Waals surface area contributed by atoms with Crippen LogP contribution in [0, 0.1) is 6.92 Å². The molecule has 0 spiro atoms. The smallest absolute Gasteiger partial charge is 0.329 e. The molecule has 0 fully saturated rings. The molecule has 0 bridgehead atoms. The number of likely N-dealkylation sites (N-methyl/N-ethyl adjacent to an activating group) is 1. The van der Waals surface area contributed by atoms with Crippen LogP contribution in [0.2, 0.25) is 0 Å². The van der Waals surface area contributed by atoms with Gasteiger partial charge in [-0.2, -0.15) is 0 Å². The summed E-state index contributed by atoms with van der Waals surface area (Å²) in [7, 11) is -2.58. The minimum Gasteiger partial charge on any atom is -0.454 e. The van der Waals surface area contributed by atoms with Crippen LogP contribution in [-0.4, -0.2) is 40.2 Å². The van der Waals surface area contributed by atoms with Gasteiger partial charge in [0.25, 0.3) is 10.0 Å². The summed E-state index contributed by atoms with van der Waals surface area (Å²) < 4.78 is 39.1. The number of fused-ring (bicyclic) bond motifs is 1. The maximum absolute atomic E-state index is 13.5. The van der Waals surface area contributed by atoms with Crippen molar-refractivity contribution >= 4 is 43.6 Å². The lowest BCUT2D eigenvalue weighted by Gasteiger charge is -2.25. The molecular weight excluding hydrogens is 550 g/mol. The van der Waals surface area contributed by atoms with Gasteiger partial charge in [-0.3, -0.25) is 4.79 Å². The van der Waals surface area contributed by atoms with Crippen LogP contribution in [0.1, 0.15) is 11.1 Å². The first-order valence-electron chi connectivity index (χ1n) is 11.0. The maximum Gasteiger partial charge on any atom is 0.329 e. The van der Waals surface area contributed by atoms with Crippen LogP contribution in [0.4, 0.5) is 10.5 Å². The number of nitrogens with zero attached hydrogens (tertiary/aromatic N) is 1.